The van der Waals surface area contributed by atoms with Gasteiger partial charge in [0, 0.05) is 32.0 Å². The molecule has 6 heteroatoms. The molecule has 1 aromatic heterocycles. The second-order valence-electron chi connectivity index (χ2n) is 8.08. The first-order valence-electron chi connectivity index (χ1n) is 11.1. The van der Waals surface area contributed by atoms with Gasteiger partial charge in [-0.05, 0) is 42.4 Å². The van der Waals surface area contributed by atoms with E-state index in [1.807, 2.05) is 23.1 Å². The molecule has 6 nitrogen and oxygen atoms in total. The highest BCUT2D eigenvalue weighted by atomic mass is 16.4. The van der Waals surface area contributed by atoms with E-state index >= 15 is 0 Å². The van der Waals surface area contributed by atoms with Crippen LogP contribution < -0.4 is 0 Å². The van der Waals surface area contributed by atoms with Gasteiger partial charge in [-0.25, -0.2) is 0 Å². The summed E-state index contributed by atoms with van der Waals surface area (Å²) in [6.07, 6.45) is 5.14. The Morgan fingerprint density at radius 3 is 2.52 bits per heavy atom. The molecule has 0 aliphatic carbocycles. The Kier molecular flexibility index (Phi) is 7.10. The molecule has 0 spiro atoms. The van der Waals surface area contributed by atoms with Crippen molar-refractivity contribution < 1.29 is 14.3 Å². The normalized spacial score (nSPS) is 16.4. The van der Waals surface area contributed by atoms with Crippen LogP contribution in [-0.2, 0) is 17.6 Å². The molecule has 1 N–H and O–H groups in total. The van der Waals surface area contributed by atoms with Gasteiger partial charge >= 0.3 is 0 Å². The van der Waals surface area contributed by atoms with Gasteiger partial charge in [0.15, 0.2) is 0 Å². The van der Waals surface area contributed by atoms with E-state index < -0.39 is 0 Å². The van der Waals surface area contributed by atoms with Gasteiger partial charge in [-0.3, -0.25) is 4.79 Å². The van der Waals surface area contributed by atoms with Gasteiger partial charge < -0.3 is 14.4 Å². The molecule has 0 radical (unpaired) electrons. The van der Waals surface area contributed by atoms with Gasteiger partial charge in [0.05, 0.1) is 6.42 Å². The van der Waals surface area contributed by atoms with Crippen molar-refractivity contribution in [3.05, 3.63) is 71.9 Å². The number of rotatable bonds is 8. The molecule has 1 amide bonds. The lowest BCUT2D eigenvalue weighted by atomic mass is 9.99. The Morgan fingerprint density at radius 1 is 1.00 bits per heavy atom. The molecule has 1 unspecified atom stereocenters. The highest BCUT2D eigenvalue weighted by Crippen LogP contribution is 2.22. The van der Waals surface area contributed by atoms with Gasteiger partial charge in [-0.1, -0.05) is 54.6 Å². The van der Waals surface area contributed by atoms with Crippen LogP contribution in [0.3, 0.4) is 0 Å². The van der Waals surface area contributed by atoms with Crippen LogP contribution in [0.1, 0.15) is 49.4 Å². The monoisotopic (exact) mass is 419 g/mol. The van der Waals surface area contributed by atoms with Crippen molar-refractivity contribution in [1.29, 1.82) is 0 Å². The van der Waals surface area contributed by atoms with Gasteiger partial charge in [0.1, 0.15) is 0 Å². The Morgan fingerprint density at radius 2 is 1.74 bits per heavy atom. The number of aliphatic hydroxyl groups is 1. The fraction of sp³-hybridized carbons (Fsp3) is 0.400. The third-order valence-electron chi connectivity index (χ3n) is 5.89. The molecule has 31 heavy (non-hydrogen) atoms. The number of amides is 1. The molecule has 1 aliphatic rings. The molecule has 3 aromatic rings. The topological polar surface area (TPSA) is 79.5 Å². The van der Waals surface area contributed by atoms with Gasteiger partial charge in [0.25, 0.3) is 0 Å². The summed E-state index contributed by atoms with van der Waals surface area (Å²) in [6, 6.07) is 18.8. The van der Waals surface area contributed by atoms with Gasteiger partial charge in [-0.2, -0.15) is 0 Å². The minimum absolute atomic E-state index is 0.106. The van der Waals surface area contributed by atoms with Crippen LogP contribution in [0.25, 0.3) is 11.1 Å². The number of likely N-dealkylation sites (tertiary alicyclic amines) is 1. The minimum atomic E-state index is 0.106. The maximum atomic E-state index is 12.7. The summed E-state index contributed by atoms with van der Waals surface area (Å²) < 4.78 is 5.78. The predicted octanol–water partition coefficient (Wildman–Crippen LogP) is 4.02. The number of nitrogens with zero attached hydrogens (tertiary/aromatic N) is 3. The zero-order valence-corrected chi connectivity index (χ0v) is 17.7. The molecular formula is C25H29N3O3. The largest absolute Gasteiger partial charge is 0.425 e. The minimum Gasteiger partial charge on any atom is -0.425 e. The van der Waals surface area contributed by atoms with Crippen LogP contribution in [0.5, 0.6) is 0 Å². The third kappa shape index (κ3) is 5.58. The summed E-state index contributed by atoms with van der Waals surface area (Å²) in [5, 5.41) is 17.5. The van der Waals surface area contributed by atoms with Gasteiger partial charge in [-0.15, -0.1) is 10.2 Å². The predicted molar refractivity (Wildman–Crippen MR) is 118 cm³/mol. The van der Waals surface area contributed by atoms with Crippen molar-refractivity contribution in [2.75, 3.05) is 13.2 Å². The second-order valence-corrected chi connectivity index (χ2v) is 8.08. The summed E-state index contributed by atoms with van der Waals surface area (Å²) in [7, 11) is 0. The van der Waals surface area contributed by atoms with E-state index in [0.29, 0.717) is 37.5 Å². The summed E-state index contributed by atoms with van der Waals surface area (Å²) in [4.78, 5) is 14.6. The van der Waals surface area contributed by atoms with Crippen molar-refractivity contribution in [1.82, 2.24) is 15.1 Å². The van der Waals surface area contributed by atoms with E-state index in [-0.39, 0.29) is 18.6 Å². The Labute approximate surface area is 182 Å². The zero-order valence-electron chi connectivity index (χ0n) is 17.7. The van der Waals surface area contributed by atoms with Crippen molar-refractivity contribution in [3.63, 3.8) is 0 Å². The van der Waals surface area contributed by atoms with Crippen molar-refractivity contribution >= 4 is 5.91 Å². The number of aryl methyl sites for hydroxylation is 1. The molecule has 1 saturated heterocycles. The van der Waals surface area contributed by atoms with Crippen LogP contribution in [0.2, 0.25) is 0 Å². The van der Waals surface area contributed by atoms with Crippen molar-refractivity contribution in [2.24, 2.45) is 0 Å². The highest BCUT2D eigenvalue weighted by molar-refractivity contribution is 5.76. The van der Waals surface area contributed by atoms with Gasteiger partial charge in [0.2, 0.25) is 17.7 Å². The molecule has 2 heterocycles. The van der Waals surface area contributed by atoms with Crippen LogP contribution in [0.15, 0.2) is 59.0 Å². The lowest BCUT2D eigenvalue weighted by Crippen LogP contribution is -2.44. The summed E-state index contributed by atoms with van der Waals surface area (Å²) in [6.45, 7) is 0.894. The van der Waals surface area contributed by atoms with E-state index in [9.17, 15) is 9.90 Å². The average molecular weight is 420 g/mol. The number of hydrogen-bond donors (Lipinski definition) is 1. The lowest BCUT2D eigenvalue weighted by molar-refractivity contribution is -0.135. The number of piperidine rings is 1. The summed E-state index contributed by atoms with van der Waals surface area (Å²) >= 11 is 0. The SMILES string of the molecule is O=C(CCc1nnc(Cc2ccc(-c3ccccc3)cc2)o1)N1CCCCC1CCO. The fourth-order valence-corrected chi connectivity index (χ4v) is 4.22. The maximum absolute atomic E-state index is 12.7. The molecule has 0 saturated carbocycles. The number of carbonyl (C=O) groups is 1. The quantitative estimate of drug-likeness (QED) is 0.596. The number of hydrogen-bond acceptors (Lipinski definition) is 5. The number of aromatic nitrogens is 2. The second kappa shape index (κ2) is 10.4. The number of carbonyl (C=O) groups excluding carboxylic acids is 1. The molecule has 0 bridgehead atoms. The summed E-state index contributed by atoms with van der Waals surface area (Å²) in [5.74, 6) is 1.17. The lowest BCUT2D eigenvalue weighted by Gasteiger charge is -2.35. The smallest absolute Gasteiger partial charge is 0.223 e. The van der Waals surface area contributed by atoms with E-state index in [4.69, 9.17) is 4.42 Å². The van der Waals surface area contributed by atoms with Crippen LogP contribution >= 0.6 is 0 Å². The average Bonchev–Trinajstić information content (AvgIpc) is 3.26. The molecule has 4 rings (SSSR count). The van der Waals surface area contributed by atoms with Crippen molar-refractivity contribution in [3.8, 4) is 11.1 Å². The molecule has 1 aliphatic heterocycles. The Bertz CT molecular complexity index is 967. The molecule has 1 fully saturated rings. The van der Waals surface area contributed by atoms with E-state index in [1.54, 1.807) is 0 Å². The number of aliphatic hydroxyl groups excluding tert-OH is 1. The molecule has 2 aromatic carbocycles. The fourth-order valence-electron chi connectivity index (χ4n) is 4.22. The highest BCUT2D eigenvalue weighted by Gasteiger charge is 2.26. The van der Waals surface area contributed by atoms with Crippen LogP contribution in [-0.4, -0.2) is 45.3 Å². The van der Waals surface area contributed by atoms with E-state index in [2.05, 4.69) is 46.6 Å². The maximum Gasteiger partial charge on any atom is 0.223 e. The first-order valence-corrected chi connectivity index (χ1v) is 11.1. The zero-order chi connectivity index (χ0) is 21.5. The molecule has 1 atom stereocenters. The standard InChI is InChI=1S/C25H29N3O3/c29-17-15-22-8-4-5-16-28(22)25(30)14-13-23-26-27-24(31-23)18-19-9-11-21(12-10-19)20-6-2-1-3-7-20/h1-3,6-7,9-12,22,29H,4-5,8,13-18H2. The first kappa shape index (κ1) is 21.2. The third-order valence-corrected chi connectivity index (χ3v) is 5.89. The molecular weight excluding hydrogens is 390 g/mol. The van der Waals surface area contributed by atoms with E-state index in [1.165, 1.54) is 11.1 Å². The molecule has 162 valence electrons. The first-order chi connectivity index (χ1) is 15.2. The number of benzene rings is 2. The Hall–Kier alpha value is -2.99. The van der Waals surface area contributed by atoms with Crippen molar-refractivity contribution in [2.45, 2.75) is 51.0 Å². The van der Waals surface area contributed by atoms with Crippen LogP contribution in [0.4, 0.5) is 0 Å². The van der Waals surface area contributed by atoms with Crippen LogP contribution in [0, 0.1) is 0 Å². The Balaban J connectivity index is 1.31. The summed E-state index contributed by atoms with van der Waals surface area (Å²) in [5.41, 5.74) is 3.46. The van der Waals surface area contributed by atoms with E-state index in [0.717, 1.165) is 31.4 Å².